The van der Waals surface area contributed by atoms with Gasteiger partial charge in [-0.15, -0.1) is 0 Å². The molecule has 0 spiro atoms. The lowest BCUT2D eigenvalue weighted by molar-refractivity contribution is -0.190. The maximum atomic E-state index is 11.9. The second kappa shape index (κ2) is 4.38. The summed E-state index contributed by atoms with van der Waals surface area (Å²) in [5.74, 6) is -3.64. The zero-order chi connectivity index (χ0) is 14.2. The van der Waals surface area contributed by atoms with E-state index in [-0.39, 0.29) is 16.2 Å². The molecule has 1 aliphatic rings. The van der Waals surface area contributed by atoms with Gasteiger partial charge in [0.05, 0.1) is 11.1 Å². The molecule has 0 unspecified atom stereocenters. The van der Waals surface area contributed by atoms with Gasteiger partial charge in [0.2, 0.25) is 0 Å². The molecule has 0 saturated carbocycles. The number of alkyl halides is 3. The van der Waals surface area contributed by atoms with Gasteiger partial charge in [0.1, 0.15) is 6.42 Å². The van der Waals surface area contributed by atoms with E-state index in [1.165, 1.54) is 24.3 Å². The molecule has 0 radical (unpaired) electrons. The van der Waals surface area contributed by atoms with Crippen LogP contribution in [0.3, 0.4) is 0 Å². The van der Waals surface area contributed by atoms with E-state index >= 15 is 0 Å². The monoisotopic (exact) mass is 273 g/mol. The molecule has 0 N–H and O–H groups in total. The van der Waals surface area contributed by atoms with Crippen molar-refractivity contribution in [3.8, 4) is 0 Å². The van der Waals surface area contributed by atoms with Crippen molar-refractivity contribution in [2.45, 2.75) is 12.6 Å². The molecule has 0 aromatic heterocycles. The molecule has 0 saturated heterocycles. The average molecular weight is 273 g/mol. The molecule has 0 atom stereocenters. The van der Waals surface area contributed by atoms with Gasteiger partial charge in [0, 0.05) is 0 Å². The summed E-state index contributed by atoms with van der Waals surface area (Å²) in [5, 5.41) is 0.0404. The summed E-state index contributed by atoms with van der Waals surface area (Å²) in [4.78, 5) is 38.4. The molecule has 100 valence electrons. The molecular formula is C11H6F3NO4. The number of hydrogen-bond acceptors (Lipinski definition) is 4. The van der Waals surface area contributed by atoms with E-state index in [9.17, 15) is 27.6 Å². The van der Waals surface area contributed by atoms with Crippen LogP contribution in [0.25, 0.3) is 0 Å². The molecule has 1 heterocycles. The maximum Gasteiger partial charge on any atom is 0.399 e. The Morgan fingerprint density at radius 3 is 2.00 bits per heavy atom. The van der Waals surface area contributed by atoms with Crippen LogP contribution in [0.5, 0.6) is 0 Å². The summed E-state index contributed by atoms with van der Waals surface area (Å²) in [7, 11) is 0. The summed E-state index contributed by atoms with van der Waals surface area (Å²) >= 11 is 0. The lowest BCUT2D eigenvalue weighted by atomic mass is 10.1. The summed E-state index contributed by atoms with van der Waals surface area (Å²) in [5.41, 5.74) is -0.0420. The minimum Gasteiger partial charge on any atom is -0.329 e. The number of hydrogen-bond donors (Lipinski definition) is 0. The quantitative estimate of drug-likeness (QED) is 0.769. The average Bonchev–Trinajstić information content (AvgIpc) is 2.53. The zero-order valence-corrected chi connectivity index (χ0v) is 9.23. The number of amides is 2. The molecule has 5 nitrogen and oxygen atoms in total. The van der Waals surface area contributed by atoms with Crippen LogP contribution in [0, 0.1) is 0 Å². The maximum absolute atomic E-state index is 11.9. The van der Waals surface area contributed by atoms with Crippen molar-refractivity contribution in [2.75, 3.05) is 0 Å². The van der Waals surface area contributed by atoms with Crippen LogP contribution < -0.4 is 0 Å². The van der Waals surface area contributed by atoms with Gasteiger partial charge in [-0.2, -0.15) is 13.2 Å². The minimum absolute atomic E-state index is 0.0210. The Hall–Kier alpha value is -2.38. The predicted octanol–water partition coefficient (Wildman–Crippen LogP) is 1.69. The van der Waals surface area contributed by atoms with E-state index < -0.39 is 30.4 Å². The Kier molecular flexibility index (Phi) is 3.01. The lowest BCUT2D eigenvalue weighted by Crippen LogP contribution is -2.34. The van der Waals surface area contributed by atoms with Crippen LogP contribution in [-0.2, 0) is 9.63 Å². The highest BCUT2D eigenvalue weighted by Crippen LogP contribution is 2.25. The van der Waals surface area contributed by atoms with Gasteiger partial charge < -0.3 is 4.84 Å². The fourth-order valence-electron chi connectivity index (χ4n) is 1.55. The summed E-state index contributed by atoms with van der Waals surface area (Å²) in [6.07, 6.45) is -6.64. The Bertz CT molecular complexity index is 532. The second-order valence-electron chi connectivity index (χ2n) is 3.71. The molecule has 1 aliphatic heterocycles. The van der Waals surface area contributed by atoms with Gasteiger partial charge >= 0.3 is 12.1 Å². The third-order valence-corrected chi connectivity index (χ3v) is 2.29. The van der Waals surface area contributed by atoms with Gasteiger partial charge in [-0.05, 0) is 12.1 Å². The van der Waals surface area contributed by atoms with Crippen molar-refractivity contribution in [3.63, 3.8) is 0 Å². The Balaban J connectivity index is 2.15. The van der Waals surface area contributed by atoms with Crippen molar-refractivity contribution >= 4 is 17.8 Å². The Labute approximate surface area is 104 Å². The van der Waals surface area contributed by atoms with Crippen LogP contribution in [0.4, 0.5) is 13.2 Å². The Morgan fingerprint density at radius 1 is 1.11 bits per heavy atom. The van der Waals surface area contributed by atoms with Crippen LogP contribution >= 0.6 is 0 Å². The number of hydroxylamine groups is 2. The molecule has 2 rings (SSSR count). The fraction of sp³-hybridized carbons (Fsp3) is 0.182. The highest BCUT2D eigenvalue weighted by Gasteiger charge is 2.40. The molecule has 2 amide bonds. The van der Waals surface area contributed by atoms with E-state index in [4.69, 9.17) is 0 Å². The predicted molar refractivity (Wildman–Crippen MR) is 53.7 cm³/mol. The first-order valence-electron chi connectivity index (χ1n) is 5.05. The molecule has 1 aromatic carbocycles. The van der Waals surface area contributed by atoms with E-state index in [2.05, 4.69) is 4.84 Å². The number of rotatable bonds is 2. The molecule has 19 heavy (non-hydrogen) atoms. The molecule has 1 aromatic rings. The molecule has 0 aliphatic carbocycles. The van der Waals surface area contributed by atoms with Gasteiger partial charge in [-0.25, -0.2) is 4.79 Å². The highest BCUT2D eigenvalue weighted by atomic mass is 19.4. The van der Waals surface area contributed by atoms with E-state index in [1.54, 1.807) is 0 Å². The van der Waals surface area contributed by atoms with Crippen molar-refractivity contribution in [3.05, 3.63) is 35.4 Å². The first-order valence-corrected chi connectivity index (χ1v) is 5.05. The van der Waals surface area contributed by atoms with Gasteiger partial charge in [-0.1, -0.05) is 17.2 Å². The molecule has 0 bridgehead atoms. The topological polar surface area (TPSA) is 63.7 Å². The van der Waals surface area contributed by atoms with Gasteiger partial charge in [0.15, 0.2) is 0 Å². The lowest BCUT2D eigenvalue weighted by Gasteiger charge is -2.13. The summed E-state index contributed by atoms with van der Waals surface area (Å²) in [6.45, 7) is 0. The Morgan fingerprint density at radius 2 is 1.58 bits per heavy atom. The first kappa shape index (κ1) is 13.1. The number of nitrogens with zero attached hydrogens (tertiary/aromatic N) is 1. The normalized spacial score (nSPS) is 14.6. The molecule has 0 fully saturated rings. The number of carbonyl (C=O) groups excluding carboxylic acids is 3. The van der Waals surface area contributed by atoms with Gasteiger partial charge in [0.25, 0.3) is 11.8 Å². The van der Waals surface area contributed by atoms with Crippen molar-refractivity contribution in [2.24, 2.45) is 0 Å². The van der Waals surface area contributed by atoms with E-state index in [0.717, 1.165) is 0 Å². The zero-order valence-electron chi connectivity index (χ0n) is 9.23. The standard InChI is InChI=1S/C11H6F3NO4/c12-11(13,14)5-8(16)19-15-9(17)6-3-1-2-4-7(6)10(15)18/h1-4H,5H2. The van der Waals surface area contributed by atoms with Crippen molar-refractivity contribution in [1.82, 2.24) is 5.06 Å². The number of fused-ring (bicyclic) bond motifs is 1. The number of imide groups is 1. The SMILES string of the molecule is O=C(CC(F)(F)F)ON1C(=O)c2ccccc2C1=O. The third-order valence-electron chi connectivity index (χ3n) is 2.29. The number of benzene rings is 1. The highest BCUT2D eigenvalue weighted by molar-refractivity contribution is 6.20. The van der Waals surface area contributed by atoms with Crippen LogP contribution in [0.2, 0.25) is 0 Å². The van der Waals surface area contributed by atoms with E-state index in [0.29, 0.717) is 0 Å². The first-order chi connectivity index (χ1) is 8.79. The van der Waals surface area contributed by atoms with Crippen LogP contribution in [-0.4, -0.2) is 29.0 Å². The molecular weight excluding hydrogens is 267 g/mol. The summed E-state index contributed by atoms with van der Waals surface area (Å²) in [6, 6.07) is 5.58. The van der Waals surface area contributed by atoms with E-state index in [1.807, 2.05) is 0 Å². The minimum atomic E-state index is -4.77. The second-order valence-corrected chi connectivity index (χ2v) is 3.71. The smallest absolute Gasteiger partial charge is 0.329 e. The van der Waals surface area contributed by atoms with Gasteiger partial charge in [-0.3, -0.25) is 9.59 Å². The number of carbonyl (C=O) groups is 3. The largest absolute Gasteiger partial charge is 0.399 e. The molecule has 8 heteroatoms. The summed E-state index contributed by atoms with van der Waals surface area (Å²) < 4.78 is 35.8. The van der Waals surface area contributed by atoms with Crippen LogP contribution in [0.1, 0.15) is 27.1 Å². The van der Waals surface area contributed by atoms with Crippen molar-refractivity contribution in [1.29, 1.82) is 0 Å². The van der Waals surface area contributed by atoms with Crippen LogP contribution in [0.15, 0.2) is 24.3 Å². The fourth-order valence-corrected chi connectivity index (χ4v) is 1.55. The third kappa shape index (κ3) is 2.56. The number of halogens is 3. The van der Waals surface area contributed by atoms with Crippen molar-refractivity contribution < 1.29 is 32.4 Å².